The van der Waals surface area contributed by atoms with Gasteiger partial charge in [0.1, 0.15) is 5.82 Å². The number of rotatable bonds is 1. The lowest BCUT2D eigenvalue weighted by molar-refractivity contribution is 0.0779. The Morgan fingerprint density at radius 1 is 1.21 bits per heavy atom. The molecule has 3 rings (SSSR count). The van der Waals surface area contributed by atoms with Gasteiger partial charge >= 0.3 is 0 Å². The molecule has 1 amide bonds. The van der Waals surface area contributed by atoms with Crippen LogP contribution in [0.5, 0.6) is 0 Å². The second-order valence-corrected chi connectivity index (χ2v) is 5.68. The number of hydrogen-bond donors (Lipinski definition) is 0. The van der Waals surface area contributed by atoms with E-state index in [2.05, 4.69) is 12.2 Å². The third-order valence-electron chi connectivity index (χ3n) is 4.08. The third kappa shape index (κ3) is 2.27. The summed E-state index contributed by atoms with van der Waals surface area (Å²) in [6, 6.07) is 4.36. The van der Waals surface area contributed by atoms with Gasteiger partial charge in [0.15, 0.2) is 0 Å². The number of benzene rings is 1. The van der Waals surface area contributed by atoms with Crippen molar-refractivity contribution in [3.8, 4) is 0 Å². The van der Waals surface area contributed by atoms with Crippen LogP contribution < -0.4 is 0 Å². The van der Waals surface area contributed by atoms with Gasteiger partial charge in [-0.1, -0.05) is 29.8 Å². The van der Waals surface area contributed by atoms with Crippen molar-refractivity contribution in [3.63, 3.8) is 0 Å². The molecule has 2 nitrogen and oxygen atoms in total. The van der Waals surface area contributed by atoms with E-state index in [1.54, 1.807) is 11.0 Å². The Labute approximate surface area is 116 Å². The number of nitrogens with zero attached hydrogens (tertiary/aromatic N) is 1. The highest BCUT2D eigenvalue weighted by Crippen LogP contribution is 2.34. The first-order valence-corrected chi connectivity index (χ1v) is 6.93. The van der Waals surface area contributed by atoms with Crippen LogP contribution in [-0.4, -0.2) is 23.9 Å². The van der Waals surface area contributed by atoms with Gasteiger partial charge in [0.25, 0.3) is 5.91 Å². The molecule has 0 saturated carbocycles. The van der Waals surface area contributed by atoms with Crippen LogP contribution in [0.2, 0.25) is 5.02 Å². The number of carbonyl (C=O) groups is 1. The normalized spacial score (nSPS) is 25.5. The summed E-state index contributed by atoms with van der Waals surface area (Å²) in [5.41, 5.74) is 0.00997. The number of hydrogen-bond acceptors (Lipinski definition) is 1. The van der Waals surface area contributed by atoms with Gasteiger partial charge in [0.2, 0.25) is 0 Å². The highest BCUT2D eigenvalue weighted by Gasteiger charge is 2.36. The zero-order valence-electron chi connectivity index (χ0n) is 10.5. The van der Waals surface area contributed by atoms with Gasteiger partial charge in [-0.15, -0.1) is 0 Å². The van der Waals surface area contributed by atoms with Crippen LogP contribution >= 0.6 is 11.6 Å². The Balaban J connectivity index is 1.82. The van der Waals surface area contributed by atoms with Crippen molar-refractivity contribution in [1.29, 1.82) is 0 Å². The molecule has 2 unspecified atom stereocenters. The summed E-state index contributed by atoms with van der Waals surface area (Å²) in [7, 11) is 0. The average molecular weight is 280 g/mol. The van der Waals surface area contributed by atoms with Crippen LogP contribution in [0.15, 0.2) is 30.4 Å². The molecular formula is C15H15ClFNO. The predicted octanol–water partition coefficient (Wildman–Crippen LogP) is 3.52. The van der Waals surface area contributed by atoms with E-state index in [0.29, 0.717) is 24.9 Å². The van der Waals surface area contributed by atoms with Crippen LogP contribution in [0, 0.1) is 17.7 Å². The summed E-state index contributed by atoms with van der Waals surface area (Å²) < 4.78 is 13.8. The highest BCUT2D eigenvalue weighted by molar-refractivity contribution is 6.33. The predicted molar refractivity (Wildman–Crippen MR) is 72.7 cm³/mol. The highest BCUT2D eigenvalue weighted by atomic mass is 35.5. The summed E-state index contributed by atoms with van der Waals surface area (Å²) in [4.78, 5) is 14.2. The van der Waals surface area contributed by atoms with Gasteiger partial charge in [-0.05, 0) is 36.8 Å². The molecule has 2 atom stereocenters. The largest absolute Gasteiger partial charge is 0.338 e. The van der Waals surface area contributed by atoms with Crippen LogP contribution in [0.1, 0.15) is 23.2 Å². The molecule has 1 aliphatic carbocycles. The molecule has 2 aliphatic rings. The Bertz CT molecular complexity index is 507. The van der Waals surface area contributed by atoms with E-state index in [1.165, 1.54) is 12.1 Å². The Kier molecular flexibility index (Phi) is 3.31. The summed E-state index contributed by atoms with van der Waals surface area (Å²) >= 11 is 5.96. The van der Waals surface area contributed by atoms with Crippen molar-refractivity contribution in [2.75, 3.05) is 13.1 Å². The van der Waals surface area contributed by atoms with E-state index in [0.717, 1.165) is 12.8 Å². The Hall–Kier alpha value is -1.35. The quantitative estimate of drug-likeness (QED) is 0.720. The second kappa shape index (κ2) is 4.97. The fourth-order valence-corrected chi connectivity index (χ4v) is 3.28. The van der Waals surface area contributed by atoms with E-state index in [9.17, 15) is 9.18 Å². The maximum absolute atomic E-state index is 13.8. The minimum absolute atomic E-state index is 0.00997. The van der Waals surface area contributed by atoms with E-state index >= 15 is 0 Å². The molecule has 1 heterocycles. The van der Waals surface area contributed by atoms with Gasteiger partial charge in [-0.3, -0.25) is 4.79 Å². The SMILES string of the molecule is O=C(c1c(F)cccc1Cl)N1CC2CC=CCC2C1. The maximum atomic E-state index is 13.8. The van der Waals surface area contributed by atoms with Crippen molar-refractivity contribution in [2.45, 2.75) is 12.8 Å². The van der Waals surface area contributed by atoms with Gasteiger partial charge in [-0.25, -0.2) is 4.39 Å². The molecule has 100 valence electrons. The topological polar surface area (TPSA) is 20.3 Å². The average Bonchev–Trinajstić information content (AvgIpc) is 2.82. The van der Waals surface area contributed by atoms with Crippen molar-refractivity contribution in [2.24, 2.45) is 11.8 Å². The molecule has 0 aromatic heterocycles. The molecule has 1 aliphatic heterocycles. The minimum Gasteiger partial charge on any atom is -0.338 e. The fourth-order valence-electron chi connectivity index (χ4n) is 3.04. The molecule has 0 bridgehead atoms. The van der Waals surface area contributed by atoms with Gasteiger partial charge in [0.05, 0.1) is 10.6 Å². The molecule has 4 heteroatoms. The zero-order valence-corrected chi connectivity index (χ0v) is 11.2. The molecule has 1 aromatic rings. The molecule has 0 N–H and O–H groups in total. The molecule has 0 radical (unpaired) electrons. The maximum Gasteiger partial charge on any atom is 0.258 e. The number of carbonyl (C=O) groups excluding carboxylic acids is 1. The molecule has 1 aromatic carbocycles. The number of allylic oxidation sites excluding steroid dienone is 2. The van der Waals surface area contributed by atoms with Crippen LogP contribution in [0.3, 0.4) is 0 Å². The van der Waals surface area contributed by atoms with Crippen molar-refractivity contribution >= 4 is 17.5 Å². The molecular weight excluding hydrogens is 265 g/mol. The van der Waals surface area contributed by atoms with Crippen LogP contribution in [0.25, 0.3) is 0 Å². The number of halogens is 2. The first-order chi connectivity index (χ1) is 9.16. The van der Waals surface area contributed by atoms with E-state index < -0.39 is 5.82 Å². The molecule has 1 fully saturated rings. The first-order valence-electron chi connectivity index (χ1n) is 6.55. The standard InChI is InChI=1S/C15H15ClFNO/c16-12-6-3-7-13(17)14(12)15(19)18-8-10-4-1-2-5-11(10)9-18/h1-3,6-7,10-11H,4-5,8-9H2. The van der Waals surface area contributed by atoms with Gasteiger partial charge < -0.3 is 4.90 Å². The lowest BCUT2D eigenvalue weighted by Crippen LogP contribution is -2.30. The van der Waals surface area contributed by atoms with Crippen LogP contribution in [0.4, 0.5) is 4.39 Å². The molecule has 1 saturated heterocycles. The van der Waals surface area contributed by atoms with E-state index in [-0.39, 0.29) is 16.5 Å². The summed E-state index contributed by atoms with van der Waals surface area (Å²) in [5.74, 6) is 0.210. The first kappa shape index (κ1) is 12.7. The van der Waals surface area contributed by atoms with E-state index in [1.807, 2.05) is 0 Å². The Morgan fingerprint density at radius 3 is 2.42 bits per heavy atom. The number of likely N-dealkylation sites (tertiary alicyclic amines) is 1. The molecule has 0 spiro atoms. The van der Waals surface area contributed by atoms with Crippen molar-refractivity contribution in [1.82, 2.24) is 4.90 Å². The molecule has 19 heavy (non-hydrogen) atoms. The van der Waals surface area contributed by atoms with Crippen LogP contribution in [-0.2, 0) is 0 Å². The minimum atomic E-state index is -0.537. The monoisotopic (exact) mass is 279 g/mol. The zero-order chi connectivity index (χ0) is 13.4. The Morgan fingerprint density at radius 2 is 1.84 bits per heavy atom. The summed E-state index contributed by atoms with van der Waals surface area (Å²) in [6.45, 7) is 1.41. The second-order valence-electron chi connectivity index (χ2n) is 5.27. The third-order valence-corrected chi connectivity index (χ3v) is 4.40. The van der Waals surface area contributed by atoms with E-state index in [4.69, 9.17) is 11.6 Å². The summed E-state index contributed by atoms with van der Waals surface area (Å²) in [5, 5.41) is 0.193. The van der Waals surface area contributed by atoms with Gasteiger partial charge in [0, 0.05) is 13.1 Å². The fraction of sp³-hybridized carbons (Fsp3) is 0.400. The number of fused-ring (bicyclic) bond motifs is 1. The lowest BCUT2D eigenvalue weighted by atomic mass is 9.86. The summed E-state index contributed by atoms with van der Waals surface area (Å²) in [6.07, 6.45) is 6.37. The smallest absolute Gasteiger partial charge is 0.258 e. The number of amides is 1. The lowest BCUT2D eigenvalue weighted by Gasteiger charge is -2.17. The van der Waals surface area contributed by atoms with Crippen molar-refractivity contribution in [3.05, 3.63) is 46.8 Å². The van der Waals surface area contributed by atoms with Gasteiger partial charge in [-0.2, -0.15) is 0 Å². The van der Waals surface area contributed by atoms with Crippen molar-refractivity contribution < 1.29 is 9.18 Å².